The molecule has 4 heterocycles. The van der Waals surface area contributed by atoms with Crippen LogP contribution in [0.5, 0.6) is 11.8 Å². The van der Waals surface area contributed by atoms with Crippen molar-refractivity contribution in [1.29, 1.82) is 0 Å². The van der Waals surface area contributed by atoms with Gasteiger partial charge < -0.3 is 14.2 Å². The average molecular weight is 376 g/mol. The lowest BCUT2D eigenvalue weighted by Crippen LogP contribution is -2.27. The van der Waals surface area contributed by atoms with Crippen molar-refractivity contribution < 1.29 is 14.2 Å². The molecular weight excluding hydrogens is 352 g/mol. The minimum atomic E-state index is 0.0719. The third-order valence-corrected chi connectivity index (χ3v) is 5.67. The summed E-state index contributed by atoms with van der Waals surface area (Å²) in [4.78, 5) is 16.5. The van der Waals surface area contributed by atoms with E-state index in [4.69, 9.17) is 14.2 Å². The Hall–Kier alpha value is -1.77. The van der Waals surface area contributed by atoms with Gasteiger partial charge in [0, 0.05) is 43.0 Å². The van der Waals surface area contributed by atoms with Crippen molar-refractivity contribution in [3.8, 4) is 11.8 Å². The summed E-state index contributed by atoms with van der Waals surface area (Å²) in [6.45, 7) is 7.45. The highest BCUT2D eigenvalue weighted by Crippen LogP contribution is 2.26. The predicted octanol–water partition coefficient (Wildman–Crippen LogP) is 2.45. The van der Waals surface area contributed by atoms with E-state index in [1.807, 2.05) is 13.1 Å². The van der Waals surface area contributed by atoms with E-state index in [1.165, 1.54) is 11.2 Å². The third-order valence-electron chi connectivity index (χ3n) is 4.77. The van der Waals surface area contributed by atoms with Crippen LogP contribution in [0.25, 0.3) is 0 Å². The van der Waals surface area contributed by atoms with Crippen molar-refractivity contribution in [3.63, 3.8) is 0 Å². The van der Waals surface area contributed by atoms with Gasteiger partial charge in [-0.2, -0.15) is 0 Å². The number of aromatic nitrogens is 3. The lowest BCUT2D eigenvalue weighted by molar-refractivity contribution is 0.136. The highest BCUT2D eigenvalue weighted by molar-refractivity contribution is 7.11. The molecule has 2 aromatic heterocycles. The quantitative estimate of drug-likeness (QED) is 0.767. The zero-order chi connectivity index (χ0) is 17.9. The Morgan fingerprint density at radius 3 is 2.73 bits per heavy atom. The summed E-state index contributed by atoms with van der Waals surface area (Å²) >= 11 is 1.76. The van der Waals surface area contributed by atoms with E-state index in [0.717, 1.165) is 37.5 Å². The molecule has 2 aliphatic heterocycles. The molecule has 140 valence electrons. The molecule has 2 fully saturated rings. The van der Waals surface area contributed by atoms with Gasteiger partial charge in [0.15, 0.2) is 0 Å². The number of hydrogen-bond acceptors (Lipinski definition) is 8. The second-order valence-corrected chi connectivity index (χ2v) is 8.22. The van der Waals surface area contributed by atoms with Crippen molar-refractivity contribution in [3.05, 3.63) is 28.5 Å². The Bertz CT molecular complexity index is 735. The van der Waals surface area contributed by atoms with Crippen LogP contribution < -0.4 is 9.47 Å². The number of rotatable bonds is 6. The summed E-state index contributed by atoms with van der Waals surface area (Å²) in [7, 11) is 0. The van der Waals surface area contributed by atoms with Crippen LogP contribution in [-0.2, 0) is 11.3 Å². The molecule has 2 aromatic rings. The van der Waals surface area contributed by atoms with Crippen LogP contribution in [-0.4, -0.2) is 57.9 Å². The largest absolute Gasteiger partial charge is 0.473 e. The summed E-state index contributed by atoms with van der Waals surface area (Å²) in [5, 5.41) is 1.11. The van der Waals surface area contributed by atoms with Crippen molar-refractivity contribution >= 4 is 11.3 Å². The number of thiazole rings is 1. The molecule has 0 saturated carbocycles. The maximum Gasteiger partial charge on any atom is 0.220 e. The molecule has 0 aromatic carbocycles. The highest BCUT2D eigenvalue weighted by Gasteiger charge is 2.31. The molecule has 0 amide bonds. The van der Waals surface area contributed by atoms with E-state index < -0.39 is 0 Å². The van der Waals surface area contributed by atoms with Crippen molar-refractivity contribution in [1.82, 2.24) is 19.9 Å². The minimum Gasteiger partial charge on any atom is -0.473 e. The molecule has 0 N–H and O–H groups in total. The van der Waals surface area contributed by atoms with Crippen LogP contribution in [0, 0.1) is 6.92 Å². The van der Waals surface area contributed by atoms with Crippen LogP contribution in [0.3, 0.4) is 0 Å². The number of ether oxygens (including phenoxy) is 3. The van der Waals surface area contributed by atoms with Gasteiger partial charge in [0.05, 0.1) is 24.3 Å². The van der Waals surface area contributed by atoms with E-state index >= 15 is 0 Å². The van der Waals surface area contributed by atoms with Crippen molar-refractivity contribution in [2.75, 3.05) is 19.8 Å². The van der Waals surface area contributed by atoms with Gasteiger partial charge in [-0.15, -0.1) is 11.3 Å². The fourth-order valence-corrected chi connectivity index (χ4v) is 4.25. The fraction of sp³-hybridized carbons (Fsp3) is 0.611. The van der Waals surface area contributed by atoms with Gasteiger partial charge in [0.2, 0.25) is 11.8 Å². The van der Waals surface area contributed by atoms with Crippen molar-refractivity contribution in [2.45, 2.75) is 51.5 Å². The van der Waals surface area contributed by atoms with Crippen LogP contribution in [0.15, 0.2) is 18.6 Å². The Morgan fingerprint density at radius 2 is 2.04 bits per heavy atom. The average Bonchev–Trinajstić information content (AvgIpc) is 3.32. The SMILES string of the molecule is Cc1ncc(CN2CC(Oc3cc(OC4CCOC4)ncn3)CC2C)s1. The molecule has 2 saturated heterocycles. The number of likely N-dealkylation sites (tertiary alicyclic amines) is 1. The minimum absolute atomic E-state index is 0.0719. The molecule has 0 bridgehead atoms. The van der Waals surface area contributed by atoms with Gasteiger partial charge in [0.25, 0.3) is 0 Å². The summed E-state index contributed by atoms with van der Waals surface area (Å²) in [5.74, 6) is 1.12. The summed E-state index contributed by atoms with van der Waals surface area (Å²) in [6.07, 6.45) is 5.54. The number of aryl methyl sites for hydroxylation is 1. The second-order valence-electron chi connectivity index (χ2n) is 6.90. The molecule has 4 rings (SSSR count). The monoisotopic (exact) mass is 376 g/mol. The molecule has 3 unspecified atom stereocenters. The third kappa shape index (κ3) is 4.31. The van der Waals surface area contributed by atoms with Crippen molar-refractivity contribution in [2.24, 2.45) is 0 Å². The lowest BCUT2D eigenvalue weighted by Gasteiger charge is -2.19. The van der Waals surface area contributed by atoms with Crippen LogP contribution >= 0.6 is 11.3 Å². The fourth-order valence-electron chi connectivity index (χ4n) is 3.43. The molecule has 0 aliphatic carbocycles. The number of hydrogen-bond donors (Lipinski definition) is 0. The molecule has 2 aliphatic rings. The van der Waals surface area contributed by atoms with Crippen LogP contribution in [0.4, 0.5) is 0 Å². The summed E-state index contributed by atoms with van der Waals surface area (Å²) in [6, 6.07) is 2.24. The zero-order valence-electron chi connectivity index (χ0n) is 15.1. The summed E-state index contributed by atoms with van der Waals surface area (Å²) in [5.41, 5.74) is 0. The topological polar surface area (TPSA) is 69.6 Å². The normalized spacial score (nSPS) is 26.3. The maximum absolute atomic E-state index is 6.11. The van der Waals surface area contributed by atoms with Crippen LogP contribution in [0.2, 0.25) is 0 Å². The second kappa shape index (κ2) is 7.85. The smallest absolute Gasteiger partial charge is 0.220 e. The van der Waals surface area contributed by atoms with Gasteiger partial charge in [-0.3, -0.25) is 4.90 Å². The molecule has 7 nitrogen and oxygen atoms in total. The van der Waals surface area contributed by atoms with E-state index in [1.54, 1.807) is 17.4 Å². The first kappa shape index (κ1) is 17.6. The molecule has 26 heavy (non-hydrogen) atoms. The first-order chi connectivity index (χ1) is 12.7. The molecule has 0 spiro atoms. The zero-order valence-corrected chi connectivity index (χ0v) is 15.9. The predicted molar refractivity (Wildman–Crippen MR) is 97.6 cm³/mol. The standard InChI is InChI=1S/C18H24N4O3S/c1-12-5-15(8-22(12)9-16-7-19-13(2)26-16)25-18-6-17(20-11-21-18)24-14-3-4-23-10-14/h6-7,11-12,14-15H,3-5,8-10H2,1-2H3. The Balaban J connectivity index is 1.34. The molecule has 3 atom stereocenters. The van der Waals surface area contributed by atoms with Gasteiger partial charge in [-0.05, 0) is 13.8 Å². The van der Waals surface area contributed by atoms with Gasteiger partial charge in [-0.25, -0.2) is 15.0 Å². The van der Waals surface area contributed by atoms with Gasteiger partial charge >= 0.3 is 0 Å². The Labute approximate surface area is 157 Å². The van der Waals surface area contributed by atoms with E-state index in [0.29, 0.717) is 24.4 Å². The first-order valence-electron chi connectivity index (χ1n) is 9.04. The van der Waals surface area contributed by atoms with Gasteiger partial charge in [0.1, 0.15) is 18.5 Å². The Morgan fingerprint density at radius 1 is 1.23 bits per heavy atom. The summed E-state index contributed by atoms with van der Waals surface area (Å²) < 4.78 is 17.3. The van der Waals surface area contributed by atoms with E-state index in [9.17, 15) is 0 Å². The first-order valence-corrected chi connectivity index (χ1v) is 9.86. The molecule has 0 radical (unpaired) electrons. The van der Waals surface area contributed by atoms with E-state index in [-0.39, 0.29) is 12.2 Å². The van der Waals surface area contributed by atoms with Crippen LogP contribution in [0.1, 0.15) is 29.7 Å². The maximum atomic E-state index is 6.11. The molecular formula is C18H24N4O3S. The lowest BCUT2D eigenvalue weighted by atomic mass is 10.2. The number of nitrogens with zero attached hydrogens (tertiary/aromatic N) is 4. The Kier molecular flexibility index (Phi) is 5.33. The van der Waals surface area contributed by atoms with Gasteiger partial charge in [-0.1, -0.05) is 0 Å². The highest BCUT2D eigenvalue weighted by atomic mass is 32.1. The molecule has 8 heteroatoms. The van der Waals surface area contributed by atoms with E-state index in [2.05, 4.69) is 26.8 Å².